The van der Waals surface area contributed by atoms with E-state index in [1.165, 1.54) is 0 Å². The average molecular weight is 445 g/mol. The predicted molar refractivity (Wildman–Crippen MR) is 125 cm³/mol. The first-order valence-corrected chi connectivity index (χ1v) is 11.4. The lowest BCUT2D eigenvalue weighted by Crippen LogP contribution is -2.40. The van der Waals surface area contributed by atoms with Crippen LogP contribution in [-0.2, 0) is 4.79 Å². The topological polar surface area (TPSA) is 78.5 Å². The molecule has 0 spiro atoms. The summed E-state index contributed by atoms with van der Waals surface area (Å²) in [7, 11) is 3.47. The second-order valence-corrected chi connectivity index (χ2v) is 9.01. The quantitative estimate of drug-likeness (QED) is 0.656. The van der Waals surface area contributed by atoms with E-state index in [-0.39, 0.29) is 23.7 Å². The van der Waals surface area contributed by atoms with Crippen LogP contribution in [0.5, 0.6) is 11.5 Å². The number of amides is 2. The SMILES string of the molecule is CN(C)C(=O)c1cn[nH]c1C1CCCN(C(=O)CC2c3ccccc3Oc3ccccc32)C1. The molecule has 3 heterocycles. The number of likely N-dealkylation sites (tertiary alicyclic amines) is 1. The predicted octanol–water partition coefficient (Wildman–Crippen LogP) is 4.15. The largest absolute Gasteiger partial charge is 0.457 e. The number of carbonyl (C=O) groups is 2. The number of rotatable bonds is 4. The van der Waals surface area contributed by atoms with Crippen molar-refractivity contribution in [1.82, 2.24) is 20.0 Å². The summed E-state index contributed by atoms with van der Waals surface area (Å²) in [6, 6.07) is 15.9. The Labute approximate surface area is 193 Å². The van der Waals surface area contributed by atoms with Crippen LogP contribution in [0.4, 0.5) is 0 Å². The first-order chi connectivity index (χ1) is 16.0. The molecule has 1 saturated heterocycles. The number of para-hydroxylation sites is 2. The van der Waals surface area contributed by atoms with Crippen LogP contribution < -0.4 is 4.74 Å². The number of aromatic nitrogens is 2. The lowest BCUT2D eigenvalue weighted by molar-refractivity contribution is -0.132. The molecule has 2 aliphatic heterocycles. The number of benzene rings is 2. The highest BCUT2D eigenvalue weighted by molar-refractivity contribution is 5.95. The molecule has 0 saturated carbocycles. The van der Waals surface area contributed by atoms with E-state index < -0.39 is 0 Å². The minimum Gasteiger partial charge on any atom is -0.457 e. The molecular formula is C26H28N4O3. The summed E-state index contributed by atoms with van der Waals surface area (Å²) in [6.45, 7) is 1.31. The van der Waals surface area contributed by atoms with Gasteiger partial charge in [-0.15, -0.1) is 0 Å². The Morgan fingerprint density at radius 2 is 1.76 bits per heavy atom. The van der Waals surface area contributed by atoms with Crippen molar-refractivity contribution < 1.29 is 14.3 Å². The van der Waals surface area contributed by atoms with Gasteiger partial charge in [-0.25, -0.2) is 0 Å². The number of aromatic amines is 1. The second-order valence-electron chi connectivity index (χ2n) is 9.01. The van der Waals surface area contributed by atoms with Crippen molar-refractivity contribution in [2.45, 2.75) is 31.1 Å². The average Bonchev–Trinajstić information content (AvgIpc) is 3.33. The summed E-state index contributed by atoms with van der Waals surface area (Å²) in [4.78, 5) is 29.6. The van der Waals surface area contributed by atoms with E-state index in [2.05, 4.69) is 10.2 Å². The molecule has 33 heavy (non-hydrogen) atoms. The van der Waals surface area contributed by atoms with Crippen molar-refractivity contribution in [3.8, 4) is 11.5 Å². The van der Waals surface area contributed by atoms with E-state index >= 15 is 0 Å². The molecule has 1 atom stereocenters. The third-order valence-electron chi connectivity index (χ3n) is 6.68. The van der Waals surface area contributed by atoms with E-state index in [9.17, 15) is 9.59 Å². The number of hydrogen-bond donors (Lipinski definition) is 1. The fourth-order valence-corrected chi connectivity index (χ4v) is 4.99. The van der Waals surface area contributed by atoms with Gasteiger partial charge in [0.2, 0.25) is 5.91 Å². The Balaban J connectivity index is 1.37. The van der Waals surface area contributed by atoms with Crippen LogP contribution in [0, 0.1) is 0 Å². The smallest absolute Gasteiger partial charge is 0.256 e. The van der Waals surface area contributed by atoms with Crippen LogP contribution in [0.1, 0.15) is 58.3 Å². The molecule has 2 aromatic carbocycles. The highest BCUT2D eigenvalue weighted by Crippen LogP contribution is 2.45. The molecule has 0 bridgehead atoms. The second kappa shape index (κ2) is 8.73. The Morgan fingerprint density at radius 3 is 2.42 bits per heavy atom. The summed E-state index contributed by atoms with van der Waals surface area (Å²) in [5.74, 6) is 1.70. The van der Waals surface area contributed by atoms with Crippen molar-refractivity contribution in [3.05, 3.63) is 77.1 Å². The van der Waals surface area contributed by atoms with Gasteiger partial charge in [0.15, 0.2) is 0 Å². The molecule has 2 amide bonds. The third-order valence-corrected chi connectivity index (χ3v) is 6.68. The Bertz CT molecular complexity index is 1140. The first-order valence-electron chi connectivity index (χ1n) is 11.4. The highest BCUT2D eigenvalue weighted by atomic mass is 16.5. The molecule has 170 valence electrons. The molecule has 5 rings (SSSR count). The number of piperidine rings is 1. The zero-order chi connectivity index (χ0) is 22.9. The van der Waals surface area contributed by atoms with E-state index in [0.717, 1.165) is 47.7 Å². The number of hydrogen-bond acceptors (Lipinski definition) is 4. The first kappa shape index (κ1) is 21.2. The maximum Gasteiger partial charge on any atom is 0.256 e. The maximum atomic E-state index is 13.5. The maximum absolute atomic E-state index is 13.5. The van der Waals surface area contributed by atoms with Crippen LogP contribution in [0.2, 0.25) is 0 Å². The van der Waals surface area contributed by atoms with Gasteiger partial charge >= 0.3 is 0 Å². The number of H-pyrrole nitrogens is 1. The number of carbonyl (C=O) groups excluding carboxylic acids is 2. The van der Waals surface area contributed by atoms with Gasteiger partial charge in [0, 0.05) is 56.6 Å². The van der Waals surface area contributed by atoms with Crippen molar-refractivity contribution in [2.75, 3.05) is 27.2 Å². The van der Waals surface area contributed by atoms with Crippen molar-refractivity contribution >= 4 is 11.8 Å². The monoisotopic (exact) mass is 444 g/mol. The summed E-state index contributed by atoms with van der Waals surface area (Å²) < 4.78 is 6.08. The van der Waals surface area contributed by atoms with Gasteiger partial charge in [0.1, 0.15) is 11.5 Å². The minimum atomic E-state index is -0.0716. The van der Waals surface area contributed by atoms with Gasteiger partial charge < -0.3 is 14.5 Å². The van der Waals surface area contributed by atoms with Crippen LogP contribution in [0.25, 0.3) is 0 Å². The summed E-state index contributed by atoms with van der Waals surface area (Å²) in [6.07, 6.45) is 3.79. The summed E-state index contributed by atoms with van der Waals surface area (Å²) in [5, 5.41) is 7.15. The van der Waals surface area contributed by atoms with E-state index in [1.54, 1.807) is 25.2 Å². The Hall–Kier alpha value is -3.61. The molecule has 1 N–H and O–H groups in total. The lowest BCUT2D eigenvalue weighted by Gasteiger charge is -2.35. The zero-order valence-corrected chi connectivity index (χ0v) is 19.0. The summed E-state index contributed by atoms with van der Waals surface area (Å²) in [5.41, 5.74) is 3.51. The highest BCUT2D eigenvalue weighted by Gasteiger charge is 2.33. The molecule has 2 aliphatic rings. The Morgan fingerprint density at radius 1 is 1.09 bits per heavy atom. The van der Waals surface area contributed by atoms with Crippen molar-refractivity contribution in [2.24, 2.45) is 0 Å². The van der Waals surface area contributed by atoms with Crippen molar-refractivity contribution in [1.29, 1.82) is 0 Å². The minimum absolute atomic E-state index is 0.0444. The summed E-state index contributed by atoms with van der Waals surface area (Å²) >= 11 is 0. The van der Waals surface area contributed by atoms with Gasteiger partial charge in [0.25, 0.3) is 5.91 Å². The molecule has 7 heteroatoms. The standard InChI is InChI=1S/C26H28N4O3/c1-29(2)26(32)21-15-27-28-25(21)17-8-7-13-30(16-17)24(31)14-20-18-9-3-5-11-22(18)33-23-12-6-4-10-19(20)23/h3-6,9-12,15,17,20H,7-8,13-14,16H2,1-2H3,(H,27,28). The molecule has 0 aliphatic carbocycles. The van der Waals surface area contributed by atoms with Crippen LogP contribution in [0.3, 0.4) is 0 Å². The fraction of sp³-hybridized carbons (Fsp3) is 0.346. The Kier molecular flexibility index (Phi) is 5.62. The number of ether oxygens (including phenoxy) is 1. The van der Waals surface area contributed by atoms with E-state index in [1.807, 2.05) is 53.4 Å². The van der Waals surface area contributed by atoms with E-state index in [4.69, 9.17) is 4.74 Å². The van der Waals surface area contributed by atoms with Gasteiger partial charge in [-0.3, -0.25) is 14.7 Å². The molecular weight excluding hydrogens is 416 g/mol. The van der Waals surface area contributed by atoms with Gasteiger partial charge in [0.05, 0.1) is 17.5 Å². The molecule has 0 radical (unpaired) electrons. The zero-order valence-electron chi connectivity index (χ0n) is 19.0. The normalized spacial score (nSPS) is 17.6. The lowest BCUT2D eigenvalue weighted by atomic mass is 9.84. The third kappa shape index (κ3) is 3.99. The van der Waals surface area contributed by atoms with Gasteiger partial charge in [-0.2, -0.15) is 5.10 Å². The fourth-order valence-electron chi connectivity index (χ4n) is 4.99. The molecule has 1 aromatic heterocycles. The van der Waals surface area contributed by atoms with Crippen LogP contribution in [0.15, 0.2) is 54.7 Å². The van der Waals surface area contributed by atoms with Gasteiger partial charge in [-0.1, -0.05) is 36.4 Å². The molecule has 1 fully saturated rings. The molecule has 3 aromatic rings. The van der Waals surface area contributed by atoms with Crippen LogP contribution >= 0.6 is 0 Å². The van der Waals surface area contributed by atoms with Crippen LogP contribution in [-0.4, -0.2) is 59.0 Å². The number of nitrogens with one attached hydrogen (secondary N) is 1. The number of fused-ring (bicyclic) bond motifs is 2. The molecule has 7 nitrogen and oxygen atoms in total. The van der Waals surface area contributed by atoms with Crippen molar-refractivity contribution in [3.63, 3.8) is 0 Å². The van der Waals surface area contributed by atoms with Gasteiger partial charge in [-0.05, 0) is 25.0 Å². The molecule has 1 unspecified atom stereocenters. The number of nitrogens with zero attached hydrogens (tertiary/aromatic N) is 3. The van der Waals surface area contributed by atoms with E-state index in [0.29, 0.717) is 18.5 Å².